The fraction of sp³-hybridized carbons (Fsp3) is 0. The second-order valence-electron chi connectivity index (χ2n) is 4.02. The molecule has 1 amide bonds. The third-order valence-corrected chi connectivity index (χ3v) is 3.38. The van der Waals surface area contributed by atoms with Gasteiger partial charge in [0.05, 0.1) is 26.9 Å². The van der Waals surface area contributed by atoms with Crippen molar-refractivity contribution in [3.05, 3.63) is 63.4 Å². The molecule has 0 heterocycles. The van der Waals surface area contributed by atoms with E-state index in [9.17, 15) is 14.0 Å². The molecule has 0 fully saturated rings. The fourth-order valence-corrected chi connectivity index (χ4v) is 2.12. The molecular formula is C14H8Cl2FNO3. The molecule has 21 heavy (non-hydrogen) atoms. The third kappa shape index (κ3) is 3.15. The lowest BCUT2D eigenvalue weighted by atomic mass is 10.1. The minimum atomic E-state index is -1.25. The highest BCUT2D eigenvalue weighted by Gasteiger charge is 2.19. The Bertz CT molecular complexity index is 734. The van der Waals surface area contributed by atoms with Crippen molar-refractivity contribution in [2.24, 2.45) is 0 Å². The highest BCUT2D eigenvalue weighted by Crippen LogP contribution is 2.28. The van der Waals surface area contributed by atoms with Crippen LogP contribution in [-0.2, 0) is 0 Å². The number of aromatic carboxylic acids is 1. The van der Waals surface area contributed by atoms with E-state index in [2.05, 4.69) is 5.32 Å². The van der Waals surface area contributed by atoms with E-state index in [0.29, 0.717) is 0 Å². The Morgan fingerprint density at radius 1 is 1.05 bits per heavy atom. The second-order valence-corrected chi connectivity index (χ2v) is 4.81. The lowest BCUT2D eigenvalue weighted by molar-refractivity contribution is 0.0698. The molecule has 108 valence electrons. The molecule has 0 saturated heterocycles. The summed E-state index contributed by atoms with van der Waals surface area (Å²) in [6.07, 6.45) is 0. The SMILES string of the molecule is O=C(Nc1c(Cl)cccc1C(=O)O)c1cccc(F)c1Cl. The molecule has 0 radical (unpaired) electrons. The molecule has 0 spiro atoms. The molecule has 2 aromatic rings. The molecular weight excluding hydrogens is 320 g/mol. The normalized spacial score (nSPS) is 10.2. The number of carbonyl (C=O) groups is 2. The number of para-hydroxylation sites is 1. The molecule has 2 aromatic carbocycles. The summed E-state index contributed by atoms with van der Waals surface area (Å²) in [5.41, 5.74) is -0.367. The van der Waals surface area contributed by atoms with Gasteiger partial charge in [-0.2, -0.15) is 0 Å². The van der Waals surface area contributed by atoms with Gasteiger partial charge in [-0.1, -0.05) is 35.3 Å². The van der Waals surface area contributed by atoms with Crippen molar-refractivity contribution in [2.75, 3.05) is 5.32 Å². The van der Waals surface area contributed by atoms with Crippen molar-refractivity contribution in [3.63, 3.8) is 0 Å². The summed E-state index contributed by atoms with van der Waals surface area (Å²) in [4.78, 5) is 23.2. The molecule has 0 atom stereocenters. The van der Waals surface area contributed by atoms with Gasteiger partial charge >= 0.3 is 5.97 Å². The van der Waals surface area contributed by atoms with E-state index < -0.39 is 17.7 Å². The predicted molar refractivity (Wildman–Crippen MR) is 77.8 cm³/mol. The first-order valence-electron chi connectivity index (χ1n) is 5.69. The number of nitrogens with one attached hydrogen (secondary N) is 1. The molecule has 0 aliphatic heterocycles. The number of halogens is 3. The molecule has 2 N–H and O–H groups in total. The summed E-state index contributed by atoms with van der Waals surface area (Å²) in [6, 6.07) is 7.90. The van der Waals surface area contributed by atoms with Crippen LogP contribution in [0.2, 0.25) is 10.0 Å². The Morgan fingerprint density at radius 3 is 2.33 bits per heavy atom. The van der Waals surface area contributed by atoms with Crippen LogP contribution in [0.4, 0.5) is 10.1 Å². The number of carboxylic acids is 1. The molecule has 7 heteroatoms. The molecule has 0 aliphatic carbocycles. The lowest BCUT2D eigenvalue weighted by Crippen LogP contribution is -2.16. The van der Waals surface area contributed by atoms with Crippen LogP contribution in [0.15, 0.2) is 36.4 Å². The molecule has 0 unspecified atom stereocenters. The number of amides is 1. The van der Waals surface area contributed by atoms with Crippen LogP contribution in [0.1, 0.15) is 20.7 Å². The molecule has 0 aliphatic rings. The summed E-state index contributed by atoms with van der Waals surface area (Å²) >= 11 is 11.6. The van der Waals surface area contributed by atoms with E-state index in [0.717, 1.165) is 6.07 Å². The number of benzene rings is 2. The average Bonchev–Trinajstić information content (AvgIpc) is 2.43. The predicted octanol–water partition coefficient (Wildman–Crippen LogP) is 4.08. The van der Waals surface area contributed by atoms with Crippen LogP contribution in [-0.4, -0.2) is 17.0 Å². The quantitative estimate of drug-likeness (QED) is 0.892. The van der Waals surface area contributed by atoms with Gasteiger partial charge in [0.1, 0.15) is 5.82 Å². The van der Waals surface area contributed by atoms with Gasteiger partial charge in [0.25, 0.3) is 5.91 Å². The molecule has 0 saturated carbocycles. The Kier molecular flexibility index (Phi) is 4.45. The zero-order chi connectivity index (χ0) is 15.6. The maximum atomic E-state index is 13.3. The summed E-state index contributed by atoms with van der Waals surface area (Å²) in [6.45, 7) is 0. The highest BCUT2D eigenvalue weighted by molar-refractivity contribution is 6.36. The third-order valence-electron chi connectivity index (χ3n) is 2.68. The number of carboxylic acid groups (broad SMARTS) is 1. The maximum Gasteiger partial charge on any atom is 0.337 e. The zero-order valence-corrected chi connectivity index (χ0v) is 11.9. The lowest BCUT2D eigenvalue weighted by Gasteiger charge is -2.11. The van der Waals surface area contributed by atoms with Gasteiger partial charge in [-0.15, -0.1) is 0 Å². The first kappa shape index (κ1) is 15.3. The smallest absolute Gasteiger partial charge is 0.337 e. The molecule has 2 rings (SSSR count). The number of hydrogen-bond donors (Lipinski definition) is 2. The zero-order valence-electron chi connectivity index (χ0n) is 10.4. The Morgan fingerprint density at radius 2 is 1.67 bits per heavy atom. The van der Waals surface area contributed by atoms with E-state index in [1.165, 1.54) is 30.3 Å². The minimum absolute atomic E-state index is 0.0516. The number of anilines is 1. The highest BCUT2D eigenvalue weighted by atomic mass is 35.5. The van der Waals surface area contributed by atoms with Crippen molar-refractivity contribution in [2.45, 2.75) is 0 Å². The standard InChI is InChI=1S/C14H8Cl2FNO3/c15-9-5-1-4-8(14(20)21)12(9)18-13(19)7-3-2-6-10(17)11(7)16/h1-6H,(H,18,19)(H,20,21). The topological polar surface area (TPSA) is 66.4 Å². The van der Waals surface area contributed by atoms with Gasteiger partial charge in [-0.3, -0.25) is 4.79 Å². The van der Waals surface area contributed by atoms with Gasteiger partial charge in [-0.05, 0) is 24.3 Å². The van der Waals surface area contributed by atoms with E-state index in [4.69, 9.17) is 28.3 Å². The van der Waals surface area contributed by atoms with Gasteiger partial charge < -0.3 is 10.4 Å². The minimum Gasteiger partial charge on any atom is -0.478 e. The van der Waals surface area contributed by atoms with Gasteiger partial charge in [-0.25, -0.2) is 9.18 Å². The first-order valence-corrected chi connectivity index (χ1v) is 6.44. The van der Waals surface area contributed by atoms with Crippen LogP contribution in [0, 0.1) is 5.82 Å². The van der Waals surface area contributed by atoms with E-state index in [-0.39, 0.29) is 26.9 Å². The monoisotopic (exact) mass is 327 g/mol. The molecule has 4 nitrogen and oxygen atoms in total. The summed E-state index contributed by atoms with van der Waals surface area (Å²) in [5.74, 6) is -2.75. The molecule has 0 aromatic heterocycles. The van der Waals surface area contributed by atoms with Crippen molar-refractivity contribution in [1.29, 1.82) is 0 Å². The van der Waals surface area contributed by atoms with Crippen LogP contribution in [0.3, 0.4) is 0 Å². The number of hydrogen-bond acceptors (Lipinski definition) is 2. The molecule has 0 bridgehead atoms. The summed E-state index contributed by atoms with van der Waals surface area (Å²) in [7, 11) is 0. The van der Waals surface area contributed by atoms with Crippen molar-refractivity contribution < 1.29 is 19.1 Å². The summed E-state index contributed by atoms with van der Waals surface area (Å²) in [5, 5.41) is 11.1. The van der Waals surface area contributed by atoms with Gasteiger partial charge in [0, 0.05) is 0 Å². The van der Waals surface area contributed by atoms with Crippen molar-refractivity contribution in [1.82, 2.24) is 0 Å². The number of carbonyl (C=O) groups excluding carboxylic acids is 1. The average molecular weight is 328 g/mol. The Hall–Kier alpha value is -2.11. The van der Waals surface area contributed by atoms with E-state index in [1.807, 2.05) is 0 Å². The van der Waals surface area contributed by atoms with Crippen LogP contribution in [0.25, 0.3) is 0 Å². The number of rotatable bonds is 3. The van der Waals surface area contributed by atoms with Crippen LogP contribution < -0.4 is 5.32 Å². The van der Waals surface area contributed by atoms with E-state index >= 15 is 0 Å². The van der Waals surface area contributed by atoms with Gasteiger partial charge in [0.2, 0.25) is 0 Å². The largest absolute Gasteiger partial charge is 0.478 e. The maximum absolute atomic E-state index is 13.3. The van der Waals surface area contributed by atoms with Crippen LogP contribution in [0.5, 0.6) is 0 Å². The Balaban J connectivity index is 2.41. The van der Waals surface area contributed by atoms with Crippen LogP contribution >= 0.6 is 23.2 Å². The van der Waals surface area contributed by atoms with Gasteiger partial charge in [0.15, 0.2) is 0 Å². The first-order chi connectivity index (χ1) is 9.91. The van der Waals surface area contributed by atoms with Crippen molar-refractivity contribution >= 4 is 40.8 Å². The van der Waals surface area contributed by atoms with Crippen molar-refractivity contribution in [3.8, 4) is 0 Å². The van der Waals surface area contributed by atoms with E-state index in [1.54, 1.807) is 0 Å². The summed E-state index contributed by atoms with van der Waals surface area (Å²) < 4.78 is 13.3. The second kappa shape index (κ2) is 6.11. The Labute approximate surface area is 129 Å². The fourth-order valence-electron chi connectivity index (χ4n) is 1.69.